The van der Waals surface area contributed by atoms with Crippen LogP contribution in [0.25, 0.3) is 0 Å². The second-order valence-corrected chi connectivity index (χ2v) is 6.80. The van der Waals surface area contributed by atoms with E-state index in [-0.39, 0.29) is 0 Å². The molecule has 1 aromatic heterocycles. The summed E-state index contributed by atoms with van der Waals surface area (Å²) in [7, 11) is 0. The Morgan fingerprint density at radius 2 is 1.82 bits per heavy atom. The number of aromatic nitrogens is 3. The molecule has 0 aliphatic carbocycles. The SMILES string of the molecule is CCN(CC)c1ccc(Nc2nncc(NCc3cccc(C)c3)n2)c(C)c1. The summed E-state index contributed by atoms with van der Waals surface area (Å²) in [5.74, 6) is 1.17. The number of rotatable bonds is 8. The van der Waals surface area contributed by atoms with Crippen LogP contribution in [0.4, 0.5) is 23.1 Å². The van der Waals surface area contributed by atoms with E-state index in [0.717, 1.165) is 24.3 Å². The molecule has 0 bridgehead atoms. The van der Waals surface area contributed by atoms with Crippen molar-refractivity contribution >= 4 is 23.1 Å². The predicted molar refractivity (Wildman–Crippen MR) is 116 cm³/mol. The minimum absolute atomic E-state index is 0.480. The first-order valence-corrected chi connectivity index (χ1v) is 9.70. The molecular weight excluding hydrogens is 348 g/mol. The molecule has 6 nitrogen and oxygen atoms in total. The average molecular weight is 377 g/mol. The lowest BCUT2D eigenvalue weighted by molar-refractivity contribution is 0.865. The minimum atomic E-state index is 0.480. The van der Waals surface area contributed by atoms with Crippen LogP contribution in [0.1, 0.15) is 30.5 Å². The molecule has 0 fully saturated rings. The summed E-state index contributed by atoms with van der Waals surface area (Å²) in [6.45, 7) is 11.2. The van der Waals surface area contributed by atoms with Crippen molar-refractivity contribution < 1.29 is 0 Å². The molecule has 3 aromatic rings. The van der Waals surface area contributed by atoms with Crippen molar-refractivity contribution in [2.75, 3.05) is 28.6 Å². The van der Waals surface area contributed by atoms with Crippen LogP contribution in [0.3, 0.4) is 0 Å². The number of anilines is 4. The number of hydrogen-bond acceptors (Lipinski definition) is 6. The standard InChI is InChI=1S/C22H28N6/c1-5-28(6-2)19-10-11-20(17(4)13-19)25-22-26-21(15-24-27-22)23-14-18-9-7-8-16(3)12-18/h7-13,15H,5-6,14H2,1-4H3,(H2,23,25,26,27). The summed E-state index contributed by atoms with van der Waals surface area (Å²) in [4.78, 5) is 6.85. The van der Waals surface area contributed by atoms with Gasteiger partial charge in [-0.05, 0) is 57.0 Å². The Bertz CT molecular complexity index is 920. The van der Waals surface area contributed by atoms with E-state index in [1.54, 1.807) is 6.20 Å². The van der Waals surface area contributed by atoms with Crippen molar-refractivity contribution in [3.05, 3.63) is 65.4 Å². The molecule has 0 saturated heterocycles. The van der Waals surface area contributed by atoms with Gasteiger partial charge in [0.2, 0.25) is 5.95 Å². The van der Waals surface area contributed by atoms with Crippen LogP contribution in [-0.4, -0.2) is 28.3 Å². The summed E-state index contributed by atoms with van der Waals surface area (Å²) in [6, 6.07) is 14.8. The second kappa shape index (κ2) is 9.17. The van der Waals surface area contributed by atoms with Crippen LogP contribution in [0, 0.1) is 13.8 Å². The van der Waals surface area contributed by atoms with Crippen LogP contribution in [0.15, 0.2) is 48.7 Å². The molecule has 28 heavy (non-hydrogen) atoms. The van der Waals surface area contributed by atoms with Gasteiger partial charge in [0.25, 0.3) is 0 Å². The molecule has 0 unspecified atom stereocenters. The van der Waals surface area contributed by atoms with E-state index < -0.39 is 0 Å². The van der Waals surface area contributed by atoms with Crippen molar-refractivity contribution in [2.45, 2.75) is 34.2 Å². The van der Waals surface area contributed by atoms with Gasteiger partial charge in [-0.3, -0.25) is 0 Å². The maximum Gasteiger partial charge on any atom is 0.249 e. The number of aryl methyl sites for hydroxylation is 2. The van der Waals surface area contributed by atoms with E-state index in [1.807, 2.05) is 0 Å². The average Bonchev–Trinajstić information content (AvgIpc) is 2.70. The van der Waals surface area contributed by atoms with Crippen LogP contribution < -0.4 is 15.5 Å². The molecule has 6 heteroatoms. The van der Waals surface area contributed by atoms with Gasteiger partial charge < -0.3 is 15.5 Å². The predicted octanol–water partition coefficient (Wildman–Crippen LogP) is 4.69. The van der Waals surface area contributed by atoms with E-state index in [1.165, 1.54) is 16.8 Å². The lowest BCUT2D eigenvalue weighted by Crippen LogP contribution is -2.21. The second-order valence-electron chi connectivity index (χ2n) is 6.80. The van der Waals surface area contributed by atoms with Gasteiger partial charge in [0, 0.05) is 31.0 Å². The van der Waals surface area contributed by atoms with Gasteiger partial charge in [0.05, 0.1) is 6.20 Å². The molecule has 3 rings (SSSR count). The quantitative estimate of drug-likeness (QED) is 0.594. The van der Waals surface area contributed by atoms with E-state index in [4.69, 9.17) is 0 Å². The molecule has 0 saturated carbocycles. The number of benzene rings is 2. The summed E-state index contributed by atoms with van der Waals surface area (Å²) in [5, 5.41) is 14.8. The Kier molecular flexibility index (Phi) is 6.42. The van der Waals surface area contributed by atoms with Crippen molar-refractivity contribution in [2.24, 2.45) is 0 Å². The minimum Gasteiger partial charge on any atom is -0.372 e. The van der Waals surface area contributed by atoms with Crippen molar-refractivity contribution in [3.63, 3.8) is 0 Å². The Balaban J connectivity index is 1.69. The Hall–Kier alpha value is -3.15. The Morgan fingerprint density at radius 1 is 1.00 bits per heavy atom. The lowest BCUT2D eigenvalue weighted by atomic mass is 10.1. The lowest BCUT2D eigenvalue weighted by Gasteiger charge is -2.22. The van der Waals surface area contributed by atoms with E-state index >= 15 is 0 Å². The fourth-order valence-corrected chi connectivity index (χ4v) is 3.15. The molecule has 0 atom stereocenters. The molecular formula is C22H28N6. The first-order chi connectivity index (χ1) is 13.6. The third kappa shape index (κ3) is 4.97. The first kappa shape index (κ1) is 19.6. The molecule has 0 radical (unpaired) electrons. The van der Waals surface area contributed by atoms with E-state index in [0.29, 0.717) is 18.3 Å². The van der Waals surface area contributed by atoms with Crippen LogP contribution in [0.2, 0.25) is 0 Å². The molecule has 0 amide bonds. The third-order valence-corrected chi connectivity index (χ3v) is 4.70. The van der Waals surface area contributed by atoms with Gasteiger partial charge in [0.1, 0.15) is 0 Å². The van der Waals surface area contributed by atoms with Crippen molar-refractivity contribution in [3.8, 4) is 0 Å². The zero-order chi connectivity index (χ0) is 19.9. The highest BCUT2D eigenvalue weighted by Gasteiger charge is 2.07. The van der Waals surface area contributed by atoms with Gasteiger partial charge in [-0.2, -0.15) is 10.1 Å². The molecule has 0 spiro atoms. The zero-order valence-corrected chi connectivity index (χ0v) is 17.0. The number of hydrogen-bond donors (Lipinski definition) is 2. The van der Waals surface area contributed by atoms with Crippen LogP contribution >= 0.6 is 0 Å². The molecule has 146 valence electrons. The monoisotopic (exact) mass is 376 g/mol. The van der Waals surface area contributed by atoms with Gasteiger partial charge in [-0.15, -0.1) is 5.10 Å². The fourth-order valence-electron chi connectivity index (χ4n) is 3.15. The highest BCUT2D eigenvalue weighted by molar-refractivity contribution is 5.64. The Morgan fingerprint density at radius 3 is 2.54 bits per heavy atom. The third-order valence-electron chi connectivity index (χ3n) is 4.70. The normalized spacial score (nSPS) is 10.6. The molecule has 1 heterocycles. The fraction of sp³-hybridized carbons (Fsp3) is 0.318. The van der Waals surface area contributed by atoms with E-state index in [2.05, 4.69) is 101 Å². The summed E-state index contributed by atoms with van der Waals surface area (Å²) in [5.41, 5.74) is 5.79. The van der Waals surface area contributed by atoms with Gasteiger partial charge in [-0.1, -0.05) is 29.8 Å². The Labute approximate surface area is 167 Å². The maximum absolute atomic E-state index is 4.53. The van der Waals surface area contributed by atoms with Gasteiger partial charge in [-0.25, -0.2) is 0 Å². The topological polar surface area (TPSA) is 66.0 Å². The van der Waals surface area contributed by atoms with Gasteiger partial charge in [0.15, 0.2) is 5.82 Å². The van der Waals surface area contributed by atoms with Crippen LogP contribution in [0.5, 0.6) is 0 Å². The van der Waals surface area contributed by atoms with Crippen molar-refractivity contribution in [1.82, 2.24) is 15.2 Å². The first-order valence-electron chi connectivity index (χ1n) is 9.70. The molecule has 2 aromatic carbocycles. The molecule has 0 aliphatic rings. The number of nitrogens with zero attached hydrogens (tertiary/aromatic N) is 4. The van der Waals surface area contributed by atoms with E-state index in [9.17, 15) is 0 Å². The zero-order valence-electron chi connectivity index (χ0n) is 17.0. The smallest absolute Gasteiger partial charge is 0.249 e. The number of nitrogens with one attached hydrogen (secondary N) is 2. The summed E-state index contributed by atoms with van der Waals surface area (Å²) in [6.07, 6.45) is 1.64. The highest BCUT2D eigenvalue weighted by Crippen LogP contribution is 2.24. The largest absolute Gasteiger partial charge is 0.372 e. The van der Waals surface area contributed by atoms with Crippen LogP contribution in [-0.2, 0) is 6.54 Å². The molecule has 0 aliphatic heterocycles. The highest BCUT2D eigenvalue weighted by atomic mass is 15.3. The summed E-state index contributed by atoms with van der Waals surface area (Å²) >= 11 is 0. The molecule has 2 N–H and O–H groups in total. The summed E-state index contributed by atoms with van der Waals surface area (Å²) < 4.78 is 0. The van der Waals surface area contributed by atoms with Gasteiger partial charge >= 0.3 is 0 Å². The maximum atomic E-state index is 4.53. The van der Waals surface area contributed by atoms with Crippen molar-refractivity contribution in [1.29, 1.82) is 0 Å².